The Labute approximate surface area is 167 Å². The van der Waals surface area contributed by atoms with Crippen molar-refractivity contribution < 1.29 is 0 Å². The van der Waals surface area contributed by atoms with Crippen LogP contribution >= 0.6 is 23.2 Å². The van der Waals surface area contributed by atoms with Crippen LogP contribution in [0, 0.1) is 0 Å². The molecule has 146 valence electrons. The summed E-state index contributed by atoms with van der Waals surface area (Å²) in [4.78, 5) is 28.0. The molecule has 1 fully saturated rings. The minimum atomic E-state index is -0.380. The van der Waals surface area contributed by atoms with Crippen molar-refractivity contribution in [2.45, 2.75) is 19.4 Å². The molecular weight excluding hydrogens is 389 g/mol. The zero-order valence-electron chi connectivity index (χ0n) is 15.3. The Morgan fingerprint density at radius 1 is 0.963 bits per heavy atom. The molecule has 0 amide bonds. The quantitative estimate of drug-likeness (QED) is 0.678. The molecule has 0 saturated carbocycles. The van der Waals surface area contributed by atoms with Crippen molar-refractivity contribution in [3.8, 4) is 0 Å². The van der Waals surface area contributed by atoms with Gasteiger partial charge in [-0.25, -0.2) is 9.48 Å². The van der Waals surface area contributed by atoms with Gasteiger partial charge in [-0.05, 0) is 37.6 Å². The van der Waals surface area contributed by atoms with Crippen molar-refractivity contribution in [2.75, 3.05) is 37.6 Å². The number of unbranched alkanes of at least 4 members (excludes halogenated alkanes) is 1. The van der Waals surface area contributed by atoms with Gasteiger partial charge in [0, 0.05) is 55.5 Å². The molecule has 0 atom stereocenters. The third-order valence-corrected chi connectivity index (χ3v) is 5.26. The fourth-order valence-corrected chi connectivity index (χ4v) is 3.74. The molecule has 0 unspecified atom stereocenters. The predicted molar refractivity (Wildman–Crippen MR) is 108 cm³/mol. The van der Waals surface area contributed by atoms with Gasteiger partial charge in [-0.3, -0.25) is 14.3 Å². The van der Waals surface area contributed by atoms with Crippen LogP contribution in [0.3, 0.4) is 0 Å². The van der Waals surface area contributed by atoms with Crippen LogP contribution in [0.2, 0.25) is 10.0 Å². The highest BCUT2D eigenvalue weighted by Crippen LogP contribution is 2.26. The molecular formula is C18H23Cl2N5O2. The normalized spacial score (nSPS) is 15.3. The first kappa shape index (κ1) is 19.9. The molecule has 1 saturated heterocycles. The van der Waals surface area contributed by atoms with Crippen LogP contribution in [0.4, 0.5) is 5.69 Å². The Bertz CT molecular complexity index is 883. The molecule has 1 aromatic heterocycles. The van der Waals surface area contributed by atoms with Gasteiger partial charge in [-0.15, -0.1) is 0 Å². The fourth-order valence-electron chi connectivity index (χ4n) is 3.22. The average molecular weight is 412 g/mol. The van der Waals surface area contributed by atoms with Crippen LogP contribution < -0.4 is 16.1 Å². The summed E-state index contributed by atoms with van der Waals surface area (Å²) in [6.45, 7) is 5.31. The van der Waals surface area contributed by atoms with Crippen LogP contribution in [0.1, 0.15) is 12.8 Å². The van der Waals surface area contributed by atoms with E-state index < -0.39 is 0 Å². The molecule has 27 heavy (non-hydrogen) atoms. The van der Waals surface area contributed by atoms with E-state index in [-0.39, 0.29) is 11.2 Å². The maximum Gasteiger partial charge on any atom is 0.347 e. The number of benzene rings is 1. The summed E-state index contributed by atoms with van der Waals surface area (Å²) < 4.78 is 2.43. The second kappa shape index (κ2) is 8.91. The molecule has 0 N–H and O–H groups in total. The lowest BCUT2D eigenvalue weighted by atomic mass is 10.2. The topological polar surface area (TPSA) is 63.4 Å². The lowest BCUT2D eigenvalue weighted by Gasteiger charge is -2.36. The molecule has 0 radical (unpaired) electrons. The Kier molecular flexibility index (Phi) is 6.57. The first-order valence-electron chi connectivity index (χ1n) is 9.00. The van der Waals surface area contributed by atoms with Gasteiger partial charge >= 0.3 is 5.69 Å². The Hall–Kier alpha value is -1.83. The average Bonchev–Trinajstić information content (AvgIpc) is 2.64. The first-order chi connectivity index (χ1) is 12.9. The standard InChI is InChI=1S/C18H23Cl2N5O2/c1-22-17(26)13-21-25(18(22)27)5-3-2-4-23-6-8-24(9-7-23)16-11-14(19)10-15(20)12-16/h10-13H,2-9H2,1H3. The van der Waals surface area contributed by atoms with Gasteiger partial charge in [0.1, 0.15) is 6.20 Å². The lowest BCUT2D eigenvalue weighted by molar-refractivity contribution is 0.250. The molecule has 1 aliphatic rings. The number of piperazine rings is 1. The van der Waals surface area contributed by atoms with E-state index in [4.69, 9.17) is 23.2 Å². The highest BCUT2D eigenvalue weighted by atomic mass is 35.5. The molecule has 9 heteroatoms. The molecule has 1 aliphatic heterocycles. The van der Waals surface area contributed by atoms with Crippen molar-refractivity contribution in [2.24, 2.45) is 7.05 Å². The van der Waals surface area contributed by atoms with E-state index in [0.717, 1.165) is 55.8 Å². The highest BCUT2D eigenvalue weighted by Gasteiger charge is 2.17. The van der Waals surface area contributed by atoms with E-state index in [0.29, 0.717) is 16.6 Å². The van der Waals surface area contributed by atoms with Crippen LogP contribution in [0.15, 0.2) is 34.0 Å². The SMILES string of the molecule is Cn1c(=O)cnn(CCCCN2CCN(c3cc(Cl)cc(Cl)c3)CC2)c1=O. The number of nitrogens with zero attached hydrogens (tertiary/aromatic N) is 5. The minimum Gasteiger partial charge on any atom is -0.369 e. The third kappa shape index (κ3) is 5.12. The largest absolute Gasteiger partial charge is 0.369 e. The monoisotopic (exact) mass is 411 g/mol. The van der Waals surface area contributed by atoms with Crippen molar-refractivity contribution in [1.82, 2.24) is 19.2 Å². The number of aromatic nitrogens is 3. The maximum atomic E-state index is 11.9. The van der Waals surface area contributed by atoms with E-state index in [1.807, 2.05) is 12.1 Å². The van der Waals surface area contributed by atoms with E-state index in [1.165, 1.54) is 17.9 Å². The number of hydrogen-bond acceptors (Lipinski definition) is 5. The van der Waals surface area contributed by atoms with Crippen LogP contribution in [-0.2, 0) is 13.6 Å². The van der Waals surface area contributed by atoms with Crippen LogP contribution in [-0.4, -0.2) is 52.0 Å². The molecule has 3 rings (SSSR count). The van der Waals surface area contributed by atoms with Gasteiger partial charge in [-0.1, -0.05) is 23.2 Å². The van der Waals surface area contributed by atoms with Crippen molar-refractivity contribution >= 4 is 28.9 Å². The summed E-state index contributed by atoms with van der Waals surface area (Å²) in [6.07, 6.45) is 3.00. The zero-order chi connectivity index (χ0) is 19.4. The Morgan fingerprint density at radius 3 is 2.26 bits per heavy atom. The molecule has 1 aromatic carbocycles. The summed E-state index contributed by atoms with van der Waals surface area (Å²) in [5.41, 5.74) is 0.318. The molecule has 7 nitrogen and oxygen atoms in total. The molecule has 0 aliphatic carbocycles. The maximum absolute atomic E-state index is 11.9. The van der Waals surface area contributed by atoms with Crippen LogP contribution in [0.25, 0.3) is 0 Å². The van der Waals surface area contributed by atoms with E-state index in [1.54, 1.807) is 6.07 Å². The number of anilines is 1. The summed E-state index contributed by atoms with van der Waals surface area (Å²) in [7, 11) is 1.47. The van der Waals surface area contributed by atoms with E-state index >= 15 is 0 Å². The van der Waals surface area contributed by atoms with Crippen LogP contribution in [0.5, 0.6) is 0 Å². The second-order valence-electron chi connectivity index (χ2n) is 6.71. The first-order valence-corrected chi connectivity index (χ1v) is 9.76. The summed E-state index contributed by atoms with van der Waals surface area (Å²) >= 11 is 12.2. The van der Waals surface area contributed by atoms with Gasteiger partial charge in [0.2, 0.25) is 0 Å². The van der Waals surface area contributed by atoms with Crippen molar-refractivity contribution in [3.05, 3.63) is 55.3 Å². The van der Waals surface area contributed by atoms with E-state index in [9.17, 15) is 9.59 Å². The lowest BCUT2D eigenvalue weighted by Crippen LogP contribution is -2.46. The van der Waals surface area contributed by atoms with Gasteiger partial charge in [0.05, 0.1) is 0 Å². The molecule has 0 spiro atoms. The summed E-state index contributed by atoms with van der Waals surface area (Å²) in [5.74, 6) is 0. The molecule has 2 aromatic rings. The summed E-state index contributed by atoms with van der Waals surface area (Å²) in [6, 6.07) is 5.63. The van der Waals surface area contributed by atoms with Crippen molar-refractivity contribution in [1.29, 1.82) is 0 Å². The Balaban J connectivity index is 1.43. The zero-order valence-corrected chi connectivity index (χ0v) is 16.8. The Morgan fingerprint density at radius 2 is 1.59 bits per heavy atom. The highest BCUT2D eigenvalue weighted by molar-refractivity contribution is 6.35. The number of rotatable bonds is 6. The predicted octanol–water partition coefficient (Wildman–Crippen LogP) is 1.85. The van der Waals surface area contributed by atoms with Gasteiger partial charge in [-0.2, -0.15) is 5.10 Å². The third-order valence-electron chi connectivity index (χ3n) is 4.82. The fraction of sp³-hybridized carbons (Fsp3) is 0.500. The molecule has 2 heterocycles. The van der Waals surface area contributed by atoms with Gasteiger partial charge in [0.25, 0.3) is 5.56 Å². The van der Waals surface area contributed by atoms with E-state index in [2.05, 4.69) is 14.9 Å². The van der Waals surface area contributed by atoms with Gasteiger partial charge < -0.3 is 4.90 Å². The smallest absolute Gasteiger partial charge is 0.347 e. The number of halogens is 2. The van der Waals surface area contributed by atoms with Gasteiger partial charge in [0.15, 0.2) is 0 Å². The summed E-state index contributed by atoms with van der Waals surface area (Å²) in [5, 5.41) is 5.22. The molecule has 0 bridgehead atoms. The second-order valence-corrected chi connectivity index (χ2v) is 7.58. The minimum absolute atomic E-state index is 0.365. The number of hydrogen-bond donors (Lipinski definition) is 0. The van der Waals surface area contributed by atoms with Crippen molar-refractivity contribution in [3.63, 3.8) is 0 Å². The number of aryl methyl sites for hydroxylation is 1.